The molecule has 2 atom stereocenters. The quantitative estimate of drug-likeness (QED) is 0.615. The van der Waals surface area contributed by atoms with Gasteiger partial charge in [-0.25, -0.2) is 0 Å². The van der Waals surface area contributed by atoms with E-state index < -0.39 is 0 Å². The molecule has 4 nitrogen and oxygen atoms in total. The highest BCUT2D eigenvalue weighted by atomic mass is 16.3. The third kappa shape index (κ3) is 3.74. The van der Waals surface area contributed by atoms with Crippen LogP contribution in [0.15, 0.2) is 0 Å². The van der Waals surface area contributed by atoms with Gasteiger partial charge in [0.25, 0.3) is 0 Å². The summed E-state index contributed by atoms with van der Waals surface area (Å²) in [5, 5.41) is 12.1. The van der Waals surface area contributed by atoms with Gasteiger partial charge in [0, 0.05) is 32.1 Å². The van der Waals surface area contributed by atoms with Gasteiger partial charge >= 0.3 is 0 Å². The minimum Gasteiger partial charge on any atom is -0.392 e. The molecule has 1 fully saturated rings. The van der Waals surface area contributed by atoms with Crippen molar-refractivity contribution in [1.82, 2.24) is 10.2 Å². The standard InChI is InChI=1S/C9H18N2O2/c1-7-5-11(6-8(2)12)4-3-9(13)10-7/h7-8,12H,3-6H2,1-2H3,(H,10,13). The van der Waals surface area contributed by atoms with Gasteiger partial charge in [0.15, 0.2) is 0 Å². The molecule has 4 heteroatoms. The second-order valence-electron chi connectivity index (χ2n) is 3.83. The molecule has 0 spiro atoms. The second-order valence-corrected chi connectivity index (χ2v) is 3.83. The van der Waals surface area contributed by atoms with Gasteiger partial charge in [-0.1, -0.05) is 0 Å². The largest absolute Gasteiger partial charge is 0.392 e. The van der Waals surface area contributed by atoms with Crippen LogP contribution in [-0.4, -0.2) is 47.7 Å². The van der Waals surface area contributed by atoms with E-state index in [0.29, 0.717) is 13.0 Å². The molecule has 1 amide bonds. The van der Waals surface area contributed by atoms with Gasteiger partial charge in [-0.05, 0) is 13.8 Å². The van der Waals surface area contributed by atoms with Crippen LogP contribution >= 0.6 is 0 Å². The highest BCUT2D eigenvalue weighted by Gasteiger charge is 2.18. The van der Waals surface area contributed by atoms with Crippen molar-refractivity contribution in [3.63, 3.8) is 0 Å². The molecule has 2 unspecified atom stereocenters. The molecule has 0 bridgehead atoms. The number of rotatable bonds is 2. The highest BCUT2D eigenvalue weighted by Crippen LogP contribution is 2.02. The Bertz CT molecular complexity index is 182. The first-order valence-electron chi connectivity index (χ1n) is 4.77. The van der Waals surface area contributed by atoms with E-state index in [1.54, 1.807) is 6.92 Å². The Balaban J connectivity index is 2.43. The number of nitrogens with one attached hydrogen (secondary N) is 1. The van der Waals surface area contributed by atoms with E-state index in [0.717, 1.165) is 13.1 Å². The Morgan fingerprint density at radius 3 is 3.08 bits per heavy atom. The maximum Gasteiger partial charge on any atom is 0.221 e. The maximum atomic E-state index is 11.1. The molecule has 1 aliphatic heterocycles. The summed E-state index contributed by atoms with van der Waals surface area (Å²) in [6.07, 6.45) is 0.220. The van der Waals surface area contributed by atoms with Crippen molar-refractivity contribution < 1.29 is 9.90 Å². The van der Waals surface area contributed by atoms with E-state index in [9.17, 15) is 9.90 Å². The van der Waals surface area contributed by atoms with Crippen LogP contribution in [0, 0.1) is 0 Å². The lowest BCUT2D eigenvalue weighted by Crippen LogP contribution is -2.39. The van der Waals surface area contributed by atoms with Crippen molar-refractivity contribution in [2.45, 2.75) is 32.4 Å². The summed E-state index contributed by atoms with van der Waals surface area (Å²) in [5.41, 5.74) is 0. The van der Waals surface area contributed by atoms with E-state index in [1.165, 1.54) is 0 Å². The van der Waals surface area contributed by atoms with Crippen molar-refractivity contribution in [2.24, 2.45) is 0 Å². The van der Waals surface area contributed by atoms with Gasteiger partial charge in [0.1, 0.15) is 0 Å². The summed E-state index contributed by atoms with van der Waals surface area (Å²) in [4.78, 5) is 13.2. The zero-order valence-corrected chi connectivity index (χ0v) is 8.29. The van der Waals surface area contributed by atoms with Crippen LogP contribution < -0.4 is 5.32 Å². The van der Waals surface area contributed by atoms with Crippen LogP contribution in [0.4, 0.5) is 0 Å². The number of carbonyl (C=O) groups excluding carboxylic acids is 1. The van der Waals surface area contributed by atoms with E-state index in [2.05, 4.69) is 10.2 Å². The number of amides is 1. The highest BCUT2D eigenvalue weighted by molar-refractivity contribution is 5.76. The Labute approximate surface area is 78.9 Å². The molecule has 1 rings (SSSR count). The van der Waals surface area contributed by atoms with Gasteiger partial charge in [-0.15, -0.1) is 0 Å². The van der Waals surface area contributed by atoms with Gasteiger partial charge in [0.2, 0.25) is 5.91 Å². The zero-order valence-electron chi connectivity index (χ0n) is 8.29. The van der Waals surface area contributed by atoms with E-state index in [4.69, 9.17) is 0 Å². The Kier molecular flexibility index (Phi) is 3.69. The summed E-state index contributed by atoms with van der Waals surface area (Å²) in [7, 11) is 0. The molecule has 0 aromatic carbocycles. The van der Waals surface area contributed by atoms with Crippen molar-refractivity contribution >= 4 is 5.91 Å². The number of carbonyl (C=O) groups is 1. The molecule has 0 aliphatic carbocycles. The zero-order chi connectivity index (χ0) is 9.84. The molecule has 1 heterocycles. The molecule has 2 N–H and O–H groups in total. The fourth-order valence-corrected chi connectivity index (χ4v) is 1.67. The number of aliphatic hydroxyl groups excluding tert-OH is 1. The fourth-order valence-electron chi connectivity index (χ4n) is 1.67. The minimum atomic E-state index is -0.319. The van der Waals surface area contributed by atoms with Crippen LogP contribution in [-0.2, 0) is 4.79 Å². The topological polar surface area (TPSA) is 52.6 Å². The summed E-state index contributed by atoms with van der Waals surface area (Å²) in [5.74, 6) is 0.112. The lowest BCUT2D eigenvalue weighted by molar-refractivity contribution is -0.121. The van der Waals surface area contributed by atoms with Crippen molar-refractivity contribution in [3.8, 4) is 0 Å². The van der Waals surface area contributed by atoms with Gasteiger partial charge in [-0.3, -0.25) is 9.69 Å². The van der Waals surface area contributed by atoms with Crippen LogP contribution in [0.1, 0.15) is 20.3 Å². The molecule has 0 aromatic heterocycles. The SMILES string of the molecule is CC(O)CN1CCC(=O)NC(C)C1. The number of aliphatic hydroxyl groups is 1. The van der Waals surface area contributed by atoms with Crippen LogP contribution in [0.3, 0.4) is 0 Å². The Hall–Kier alpha value is -0.610. The molecule has 76 valence electrons. The molecular formula is C9H18N2O2. The summed E-state index contributed by atoms with van der Waals surface area (Å²) >= 11 is 0. The van der Waals surface area contributed by atoms with Crippen LogP contribution in [0.2, 0.25) is 0 Å². The predicted octanol–water partition coefficient (Wildman–Crippen LogP) is -0.422. The average molecular weight is 186 g/mol. The monoisotopic (exact) mass is 186 g/mol. The third-order valence-corrected chi connectivity index (χ3v) is 2.12. The van der Waals surface area contributed by atoms with Gasteiger partial charge < -0.3 is 10.4 Å². The van der Waals surface area contributed by atoms with Crippen molar-refractivity contribution in [3.05, 3.63) is 0 Å². The predicted molar refractivity (Wildman–Crippen MR) is 50.3 cm³/mol. The van der Waals surface area contributed by atoms with Crippen molar-refractivity contribution in [2.75, 3.05) is 19.6 Å². The molecule has 1 aliphatic rings. The minimum absolute atomic E-state index is 0.112. The van der Waals surface area contributed by atoms with E-state index in [1.807, 2.05) is 6.92 Å². The molecule has 0 aromatic rings. The maximum absolute atomic E-state index is 11.1. The normalized spacial score (nSPS) is 27.9. The third-order valence-electron chi connectivity index (χ3n) is 2.12. The molecule has 0 saturated carbocycles. The average Bonchev–Trinajstić information content (AvgIpc) is 2.11. The van der Waals surface area contributed by atoms with Crippen LogP contribution in [0.5, 0.6) is 0 Å². The Morgan fingerprint density at radius 1 is 1.77 bits per heavy atom. The first kappa shape index (κ1) is 10.5. The number of hydrogen-bond donors (Lipinski definition) is 2. The lowest BCUT2D eigenvalue weighted by atomic mass is 10.3. The molecule has 0 radical (unpaired) electrons. The number of β-amino-alcohol motifs (C(OH)–C–C–N with tert-alkyl or cyclic N) is 1. The molecule has 13 heavy (non-hydrogen) atoms. The van der Waals surface area contributed by atoms with E-state index in [-0.39, 0.29) is 18.1 Å². The first-order valence-corrected chi connectivity index (χ1v) is 4.77. The molecule has 1 saturated heterocycles. The van der Waals surface area contributed by atoms with Gasteiger partial charge in [-0.2, -0.15) is 0 Å². The first-order chi connectivity index (χ1) is 6.08. The smallest absolute Gasteiger partial charge is 0.221 e. The summed E-state index contributed by atoms with van der Waals surface area (Å²) in [6.45, 7) is 5.99. The number of nitrogens with zero attached hydrogens (tertiary/aromatic N) is 1. The molecular weight excluding hydrogens is 168 g/mol. The van der Waals surface area contributed by atoms with E-state index >= 15 is 0 Å². The Morgan fingerprint density at radius 2 is 2.46 bits per heavy atom. The summed E-state index contributed by atoms with van der Waals surface area (Å²) < 4.78 is 0. The second kappa shape index (κ2) is 4.58. The van der Waals surface area contributed by atoms with Crippen molar-refractivity contribution in [1.29, 1.82) is 0 Å². The summed E-state index contributed by atoms with van der Waals surface area (Å²) in [6, 6.07) is 0.189. The van der Waals surface area contributed by atoms with Crippen LogP contribution in [0.25, 0.3) is 0 Å². The lowest BCUT2D eigenvalue weighted by Gasteiger charge is -2.22. The van der Waals surface area contributed by atoms with Gasteiger partial charge in [0.05, 0.1) is 6.10 Å². The number of hydrogen-bond acceptors (Lipinski definition) is 3. The fraction of sp³-hybridized carbons (Fsp3) is 0.889.